The van der Waals surface area contributed by atoms with Gasteiger partial charge in [0.05, 0.1) is 6.26 Å². The first kappa shape index (κ1) is 12.2. The Balaban J connectivity index is 0.000000249. The maximum atomic E-state index is 9.75. The van der Waals surface area contributed by atoms with Crippen LogP contribution in [0.2, 0.25) is 0 Å². The molecule has 0 aromatic carbocycles. The molecule has 0 aromatic heterocycles. The van der Waals surface area contributed by atoms with Gasteiger partial charge >= 0.3 is 5.97 Å². The summed E-state index contributed by atoms with van der Waals surface area (Å²) >= 11 is 0. The summed E-state index contributed by atoms with van der Waals surface area (Å²) in [5.41, 5.74) is 0. The molecule has 0 saturated heterocycles. The van der Waals surface area contributed by atoms with Crippen molar-refractivity contribution in [3.8, 4) is 0 Å². The zero-order chi connectivity index (χ0) is 10.6. The molecule has 1 N–H and O–H groups in total. The highest BCUT2D eigenvalue weighted by Crippen LogP contribution is 1.87. The van der Waals surface area contributed by atoms with Gasteiger partial charge in [0.1, 0.15) is 6.61 Å². The lowest BCUT2D eigenvalue weighted by atomic mass is 10.4. The monoisotopic (exact) mass is 194 g/mol. The van der Waals surface area contributed by atoms with Crippen LogP contribution in [0.1, 0.15) is 6.92 Å². The van der Waals surface area contributed by atoms with Crippen molar-refractivity contribution in [3.63, 3.8) is 0 Å². The number of rotatable bonds is 2. The zero-order valence-electron chi connectivity index (χ0n) is 8.09. The fourth-order valence-electron chi connectivity index (χ4n) is 0.595. The number of carboxylic acids is 1. The predicted octanol–water partition coefficient (Wildman–Crippen LogP) is 2.29. The first-order valence-corrected chi connectivity index (χ1v) is 4.23. The number of aliphatic carboxylic acids is 1. The van der Waals surface area contributed by atoms with Crippen molar-refractivity contribution >= 4 is 5.97 Å². The van der Waals surface area contributed by atoms with E-state index in [0.717, 1.165) is 12.7 Å². The van der Waals surface area contributed by atoms with E-state index in [1.54, 1.807) is 18.4 Å². The molecule has 0 unspecified atom stereocenters. The van der Waals surface area contributed by atoms with Crippen molar-refractivity contribution in [1.29, 1.82) is 0 Å². The van der Waals surface area contributed by atoms with Crippen molar-refractivity contribution in [1.82, 2.24) is 0 Å². The summed E-state index contributed by atoms with van der Waals surface area (Å²) in [6.45, 7) is 2.56. The minimum absolute atomic E-state index is 0.733. The van der Waals surface area contributed by atoms with Gasteiger partial charge in [-0.05, 0) is 19.1 Å². The molecule has 0 spiro atoms. The Hall–Kier alpha value is -1.77. The highest BCUT2D eigenvalue weighted by molar-refractivity contribution is 5.80. The molecule has 0 bridgehead atoms. The van der Waals surface area contributed by atoms with Gasteiger partial charge in [0.25, 0.3) is 0 Å². The normalized spacial score (nSPS) is 13.8. The first-order chi connectivity index (χ1) is 6.77. The number of allylic oxidation sites excluding steroid dienone is 5. The van der Waals surface area contributed by atoms with Crippen LogP contribution >= 0.6 is 0 Å². The van der Waals surface area contributed by atoms with Crippen LogP contribution in [0.5, 0.6) is 0 Å². The number of carboxylic acid groups (broad SMARTS) is 1. The second-order valence-corrected chi connectivity index (χ2v) is 2.31. The third-order valence-corrected chi connectivity index (χ3v) is 1.16. The topological polar surface area (TPSA) is 46.5 Å². The summed E-state index contributed by atoms with van der Waals surface area (Å²) in [4.78, 5) is 9.75. The standard InChI is InChI=1S/C6H8O2.C5H6O/c1-2-3-4-5-6(7)8;1-2-4-6-5-3-1/h2-5H,1H3,(H,7,8);1-4H,5H2/b3-2+,5-4+;. The predicted molar refractivity (Wildman–Crippen MR) is 55.8 cm³/mol. The van der Waals surface area contributed by atoms with E-state index >= 15 is 0 Å². The molecule has 0 radical (unpaired) electrons. The van der Waals surface area contributed by atoms with Crippen LogP contribution in [0.3, 0.4) is 0 Å². The SMILES string of the molecule is C/C=C/C=C/C(=O)O.C1=CCOC=C1. The molecule has 14 heavy (non-hydrogen) atoms. The number of ether oxygens (including phenoxy) is 1. The Morgan fingerprint density at radius 2 is 2.21 bits per heavy atom. The van der Waals surface area contributed by atoms with Gasteiger partial charge in [-0.25, -0.2) is 4.79 Å². The summed E-state index contributed by atoms with van der Waals surface area (Å²) < 4.78 is 4.80. The van der Waals surface area contributed by atoms with E-state index in [9.17, 15) is 4.79 Å². The Morgan fingerprint density at radius 3 is 2.50 bits per heavy atom. The minimum Gasteiger partial charge on any atom is -0.497 e. The highest BCUT2D eigenvalue weighted by Gasteiger charge is 1.78. The molecule has 3 heteroatoms. The third kappa shape index (κ3) is 10.2. The van der Waals surface area contributed by atoms with E-state index in [1.807, 2.05) is 25.2 Å². The smallest absolute Gasteiger partial charge is 0.328 e. The van der Waals surface area contributed by atoms with E-state index in [4.69, 9.17) is 9.84 Å². The fraction of sp³-hybridized carbons (Fsp3) is 0.182. The van der Waals surface area contributed by atoms with Gasteiger partial charge in [-0.3, -0.25) is 0 Å². The van der Waals surface area contributed by atoms with Crippen LogP contribution in [0.15, 0.2) is 48.8 Å². The minimum atomic E-state index is -0.914. The quantitative estimate of drug-likeness (QED) is 0.542. The van der Waals surface area contributed by atoms with E-state index in [1.165, 1.54) is 6.08 Å². The van der Waals surface area contributed by atoms with Crippen LogP contribution in [0.25, 0.3) is 0 Å². The van der Waals surface area contributed by atoms with Crippen LogP contribution in [0, 0.1) is 0 Å². The van der Waals surface area contributed by atoms with Gasteiger partial charge in [0, 0.05) is 6.08 Å². The summed E-state index contributed by atoms with van der Waals surface area (Å²) in [5, 5.41) is 8.02. The average molecular weight is 194 g/mol. The number of carbonyl (C=O) groups is 1. The Morgan fingerprint density at radius 1 is 1.43 bits per heavy atom. The van der Waals surface area contributed by atoms with E-state index in [0.29, 0.717) is 0 Å². The molecule has 1 rings (SSSR count). The molecule has 76 valence electrons. The molecular formula is C11H14O3. The van der Waals surface area contributed by atoms with E-state index in [-0.39, 0.29) is 0 Å². The maximum absolute atomic E-state index is 9.75. The molecule has 1 heterocycles. The third-order valence-electron chi connectivity index (χ3n) is 1.16. The highest BCUT2D eigenvalue weighted by atomic mass is 16.5. The van der Waals surface area contributed by atoms with E-state index in [2.05, 4.69) is 0 Å². The van der Waals surface area contributed by atoms with E-state index < -0.39 is 5.97 Å². The summed E-state index contributed by atoms with van der Waals surface area (Å²) in [7, 11) is 0. The lowest BCUT2D eigenvalue weighted by Gasteiger charge is -1.94. The van der Waals surface area contributed by atoms with Crippen molar-refractivity contribution in [2.24, 2.45) is 0 Å². The number of hydrogen-bond donors (Lipinski definition) is 1. The number of hydrogen-bond acceptors (Lipinski definition) is 2. The molecule has 0 aromatic rings. The Kier molecular flexibility index (Phi) is 8.14. The molecule has 0 fully saturated rings. The van der Waals surface area contributed by atoms with Gasteiger partial charge in [0.15, 0.2) is 0 Å². The Bertz CT molecular complexity index is 248. The van der Waals surface area contributed by atoms with Crippen molar-refractivity contribution in [2.75, 3.05) is 6.61 Å². The van der Waals surface area contributed by atoms with Gasteiger partial charge < -0.3 is 9.84 Å². The molecule has 0 amide bonds. The van der Waals surface area contributed by atoms with Gasteiger partial charge in [-0.2, -0.15) is 0 Å². The molecule has 0 aliphatic carbocycles. The van der Waals surface area contributed by atoms with Crippen LogP contribution < -0.4 is 0 Å². The summed E-state index contributed by atoms with van der Waals surface area (Å²) in [5.74, 6) is -0.914. The molecule has 0 saturated carbocycles. The first-order valence-electron chi connectivity index (χ1n) is 4.23. The van der Waals surface area contributed by atoms with Gasteiger partial charge in [-0.15, -0.1) is 0 Å². The molecule has 1 aliphatic rings. The molecule has 1 aliphatic heterocycles. The van der Waals surface area contributed by atoms with Gasteiger partial charge in [0.2, 0.25) is 0 Å². The average Bonchev–Trinajstić information content (AvgIpc) is 2.21. The fourth-order valence-corrected chi connectivity index (χ4v) is 0.595. The molecule has 3 nitrogen and oxygen atoms in total. The lowest BCUT2D eigenvalue weighted by Crippen LogP contribution is -1.83. The van der Waals surface area contributed by atoms with Crippen LogP contribution in [0.4, 0.5) is 0 Å². The van der Waals surface area contributed by atoms with Crippen LogP contribution in [-0.2, 0) is 9.53 Å². The van der Waals surface area contributed by atoms with Crippen molar-refractivity contribution < 1.29 is 14.6 Å². The van der Waals surface area contributed by atoms with Crippen LogP contribution in [-0.4, -0.2) is 17.7 Å². The maximum Gasteiger partial charge on any atom is 0.328 e. The second-order valence-electron chi connectivity index (χ2n) is 2.31. The largest absolute Gasteiger partial charge is 0.497 e. The van der Waals surface area contributed by atoms with Crippen molar-refractivity contribution in [2.45, 2.75) is 6.92 Å². The summed E-state index contributed by atoms with van der Waals surface area (Å²) in [6, 6.07) is 0. The molecule has 0 atom stereocenters. The second kappa shape index (κ2) is 9.32. The Labute approximate surface area is 83.7 Å². The zero-order valence-corrected chi connectivity index (χ0v) is 8.09. The lowest BCUT2D eigenvalue weighted by molar-refractivity contribution is -0.131. The molecular weight excluding hydrogens is 180 g/mol. The van der Waals surface area contributed by atoms with Crippen molar-refractivity contribution in [3.05, 3.63) is 48.8 Å². The summed E-state index contributed by atoms with van der Waals surface area (Å²) in [6.07, 6.45) is 13.4. The van der Waals surface area contributed by atoms with Gasteiger partial charge in [-0.1, -0.05) is 24.3 Å².